The predicted molar refractivity (Wildman–Crippen MR) is 128 cm³/mol. The number of rotatable bonds is 6. The molecule has 158 valence electrons. The van der Waals surface area contributed by atoms with E-state index in [0.29, 0.717) is 37.0 Å². The molecule has 8 heteroatoms. The third-order valence-electron chi connectivity index (χ3n) is 4.84. The molecule has 3 rings (SSSR count). The molecule has 0 saturated carbocycles. The van der Waals surface area contributed by atoms with Gasteiger partial charge in [0, 0.05) is 33.2 Å². The van der Waals surface area contributed by atoms with Crippen LogP contribution in [0.4, 0.5) is 0 Å². The Bertz CT molecular complexity index is 898. The molecule has 0 spiro atoms. The molecule has 0 aliphatic carbocycles. The van der Waals surface area contributed by atoms with Crippen LogP contribution in [0.2, 0.25) is 0 Å². The fourth-order valence-corrected chi connectivity index (χ4v) is 4.85. The van der Waals surface area contributed by atoms with E-state index in [0.717, 1.165) is 24.8 Å². The van der Waals surface area contributed by atoms with Crippen LogP contribution in [0.1, 0.15) is 30.4 Å². The van der Waals surface area contributed by atoms with Crippen molar-refractivity contribution in [3.8, 4) is 0 Å². The maximum atomic E-state index is 12.9. The topological polar surface area (TPSA) is 73.8 Å². The lowest BCUT2D eigenvalue weighted by Gasteiger charge is -2.26. The summed E-state index contributed by atoms with van der Waals surface area (Å²) in [5, 5.41) is 6.51. The Hall–Kier alpha value is -1.65. The molecule has 1 saturated heterocycles. The van der Waals surface area contributed by atoms with Crippen LogP contribution in [0.15, 0.2) is 64.5 Å². The summed E-state index contributed by atoms with van der Waals surface area (Å²) < 4.78 is 27.3. The number of guanidine groups is 1. The van der Waals surface area contributed by atoms with E-state index in [2.05, 4.69) is 27.8 Å². The monoisotopic (exact) mass is 528 g/mol. The molecule has 0 bridgehead atoms. The molecule has 2 N–H and O–H groups in total. The lowest BCUT2D eigenvalue weighted by Crippen LogP contribution is -2.36. The third kappa shape index (κ3) is 6.68. The number of hydrogen-bond donors (Lipinski definition) is 2. The first-order chi connectivity index (χ1) is 13.6. The van der Waals surface area contributed by atoms with Gasteiger partial charge in [0.25, 0.3) is 0 Å². The van der Waals surface area contributed by atoms with Crippen molar-refractivity contribution in [2.45, 2.75) is 37.2 Å². The molecule has 0 amide bonds. The van der Waals surface area contributed by atoms with Crippen LogP contribution in [-0.2, 0) is 23.1 Å². The summed E-state index contributed by atoms with van der Waals surface area (Å²) in [6.07, 6.45) is 2.97. The maximum Gasteiger partial charge on any atom is 0.243 e. The number of nitrogens with zero attached hydrogens (tertiary/aromatic N) is 2. The molecule has 0 aromatic heterocycles. The zero-order valence-electron chi connectivity index (χ0n) is 16.7. The number of aliphatic imine (C=N–C) groups is 1. The summed E-state index contributed by atoms with van der Waals surface area (Å²) in [7, 11) is -1.70. The van der Waals surface area contributed by atoms with E-state index in [4.69, 9.17) is 0 Å². The van der Waals surface area contributed by atoms with Crippen molar-refractivity contribution in [3.63, 3.8) is 0 Å². The number of piperidine rings is 1. The van der Waals surface area contributed by atoms with Gasteiger partial charge in [0.15, 0.2) is 5.96 Å². The fourth-order valence-electron chi connectivity index (χ4n) is 3.26. The smallest absolute Gasteiger partial charge is 0.243 e. The number of hydrogen-bond acceptors (Lipinski definition) is 3. The third-order valence-corrected chi connectivity index (χ3v) is 6.73. The summed E-state index contributed by atoms with van der Waals surface area (Å²) in [6.45, 7) is 2.39. The number of halogens is 1. The molecule has 6 nitrogen and oxygen atoms in total. The van der Waals surface area contributed by atoms with E-state index in [-0.39, 0.29) is 24.0 Å². The Kier molecular flexibility index (Phi) is 9.38. The predicted octanol–water partition coefficient (Wildman–Crippen LogP) is 3.34. The lowest BCUT2D eigenvalue weighted by molar-refractivity contribution is 0.346. The highest BCUT2D eigenvalue weighted by atomic mass is 127. The van der Waals surface area contributed by atoms with Gasteiger partial charge in [-0.25, -0.2) is 8.42 Å². The number of sulfonamides is 1. The average Bonchev–Trinajstić information content (AvgIpc) is 2.75. The van der Waals surface area contributed by atoms with Gasteiger partial charge in [-0.1, -0.05) is 48.9 Å². The van der Waals surface area contributed by atoms with Gasteiger partial charge in [-0.15, -0.1) is 24.0 Å². The highest BCUT2D eigenvalue weighted by Gasteiger charge is 2.25. The molecule has 0 atom stereocenters. The second-order valence-corrected chi connectivity index (χ2v) is 8.82. The van der Waals surface area contributed by atoms with Crippen LogP contribution in [0.25, 0.3) is 0 Å². The Morgan fingerprint density at radius 3 is 2.21 bits per heavy atom. The van der Waals surface area contributed by atoms with E-state index in [9.17, 15) is 8.42 Å². The minimum atomic E-state index is -3.42. The van der Waals surface area contributed by atoms with Crippen molar-refractivity contribution in [3.05, 3.63) is 65.7 Å². The van der Waals surface area contributed by atoms with Gasteiger partial charge >= 0.3 is 0 Å². The van der Waals surface area contributed by atoms with Crippen LogP contribution in [0.3, 0.4) is 0 Å². The molecule has 2 aromatic carbocycles. The van der Waals surface area contributed by atoms with Crippen molar-refractivity contribution in [2.75, 3.05) is 20.1 Å². The summed E-state index contributed by atoms with van der Waals surface area (Å²) in [6, 6.07) is 17.2. The highest BCUT2D eigenvalue weighted by Crippen LogP contribution is 2.21. The molecule has 2 aromatic rings. The second-order valence-electron chi connectivity index (χ2n) is 6.88. The Morgan fingerprint density at radius 2 is 1.55 bits per heavy atom. The summed E-state index contributed by atoms with van der Waals surface area (Å²) >= 11 is 0. The highest BCUT2D eigenvalue weighted by molar-refractivity contribution is 14.0. The van der Waals surface area contributed by atoms with Gasteiger partial charge in [-0.2, -0.15) is 4.31 Å². The average molecular weight is 528 g/mol. The van der Waals surface area contributed by atoms with Gasteiger partial charge < -0.3 is 10.6 Å². The van der Waals surface area contributed by atoms with Crippen LogP contribution in [-0.4, -0.2) is 38.8 Å². The Labute approximate surface area is 190 Å². The first kappa shape index (κ1) is 23.6. The molecule has 0 radical (unpaired) electrons. The van der Waals surface area contributed by atoms with Gasteiger partial charge in [0.05, 0.1) is 4.90 Å². The van der Waals surface area contributed by atoms with Gasteiger partial charge in [-0.3, -0.25) is 4.99 Å². The summed E-state index contributed by atoms with van der Waals surface area (Å²) in [5.41, 5.74) is 2.07. The van der Waals surface area contributed by atoms with Crippen LogP contribution in [0.5, 0.6) is 0 Å². The molecule has 1 fully saturated rings. The maximum absolute atomic E-state index is 12.9. The van der Waals surface area contributed by atoms with Crippen molar-refractivity contribution in [1.29, 1.82) is 0 Å². The van der Waals surface area contributed by atoms with Gasteiger partial charge in [0.1, 0.15) is 0 Å². The summed E-state index contributed by atoms with van der Waals surface area (Å²) in [5.74, 6) is 0.674. The second kappa shape index (κ2) is 11.5. The van der Waals surface area contributed by atoms with Crippen LogP contribution < -0.4 is 10.6 Å². The van der Waals surface area contributed by atoms with E-state index in [1.54, 1.807) is 29.6 Å². The van der Waals surface area contributed by atoms with E-state index in [1.165, 1.54) is 5.56 Å². The minimum Gasteiger partial charge on any atom is -0.352 e. The standard InChI is InChI=1S/C21H28N4O2S.HI/c1-22-21(23-16-18-9-4-2-5-10-18)24-17-19-11-8-12-20(15-19)28(26,27)25-13-6-3-7-14-25;/h2,4-5,8-12,15H,3,6-7,13-14,16-17H2,1H3,(H2,22,23,24);1H. The molecule has 0 unspecified atom stereocenters. The van der Waals surface area contributed by atoms with E-state index in [1.807, 2.05) is 24.3 Å². The normalized spacial score (nSPS) is 15.4. The van der Waals surface area contributed by atoms with Crippen LogP contribution >= 0.6 is 24.0 Å². The van der Waals surface area contributed by atoms with Gasteiger partial charge in [-0.05, 0) is 36.1 Å². The summed E-state index contributed by atoms with van der Waals surface area (Å²) in [4.78, 5) is 4.59. The molecular weight excluding hydrogens is 499 g/mol. The minimum absolute atomic E-state index is 0. The van der Waals surface area contributed by atoms with Crippen LogP contribution in [0, 0.1) is 0 Å². The zero-order chi connectivity index (χ0) is 19.8. The number of benzene rings is 2. The zero-order valence-corrected chi connectivity index (χ0v) is 19.8. The molecular formula is C21H29IN4O2S. The lowest BCUT2D eigenvalue weighted by atomic mass is 10.2. The van der Waals surface area contributed by atoms with Crippen molar-refractivity contribution >= 4 is 40.0 Å². The fraction of sp³-hybridized carbons (Fsp3) is 0.381. The molecule has 1 aliphatic rings. The van der Waals surface area contributed by atoms with E-state index < -0.39 is 10.0 Å². The molecule has 1 aliphatic heterocycles. The Balaban J connectivity index is 0.00000300. The first-order valence-corrected chi connectivity index (χ1v) is 11.1. The largest absolute Gasteiger partial charge is 0.352 e. The van der Waals surface area contributed by atoms with E-state index >= 15 is 0 Å². The number of nitrogens with one attached hydrogen (secondary N) is 2. The molecule has 29 heavy (non-hydrogen) atoms. The van der Waals surface area contributed by atoms with Crippen molar-refractivity contribution in [1.82, 2.24) is 14.9 Å². The molecule has 1 heterocycles. The first-order valence-electron chi connectivity index (χ1n) is 9.67. The van der Waals surface area contributed by atoms with Gasteiger partial charge in [0.2, 0.25) is 10.0 Å². The van der Waals surface area contributed by atoms with Crippen molar-refractivity contribution < 1.29 is 8.42 Å². The van der Waals surface area contributed by atoms with Crippen molar-refractivity contribution in [2.24, 2.45) is 4.99 Å². The SMILES string of the molecule is CN=C(NCc1ccccc1)NCc1cccc(S(=O)(=O)N2CCCCC2)c1.I. The quantitative estimate of drug-likeness (QED) is 0.343. The Morgan fingerprint density at radius 1 is 0.931 bits per heavy atom.